The number of halogens is 2. The maximum absolute atomic E-state index is 12.9. The molecule has 0 aliphatic heterocycles. The lowest BCUT2D eigenvalue weighted by Crippen LogP contribution is -2.18. The third-order valence-electron chi connectivity index (χ3n) is 4.25. The molecule has 0 bridgehead atoms. The maximum Gasteiger partial charge on any atom is 0.346 e. The van der Waals surface area contributed by atoms with E-state index in [4.69, 9.17) is 20.9 Å². The topological polar surface area (TPSA) is 111 Å². The zero-order chi connectivity index (χ0) is 23.1. The van der Waals surface area contributed by atoms with Crippen molar-refractivity contribution in [2.45, 2.75) is 19.8 Å². The molecular formula is C22H19ClFN3O5. The predicted octanol–water partition coefficient (Wildman–Crippen LogP) is 4.67. The lowest BCUT2D eigenvalue weighted by atomic mass is 10.1. The second-order valence-electron chi connectivity index (χ2n) is 6.57. The summed E-state index contributed by atoms with van der Waals surface area (Å²) in [5.41, 5.74) is 1.09. The molecule has 10 heteroatoms. The van der Waals surface area contributed by atoms with Crippen molar-refractivity contribution in [3.63, 3.8) is 0 Å². The van der Waals surface area contributed by atoms with E-state index in [9.17, 15) is 18.8 Å². The van der Waals surface area contributed by atoms with Gasteiger partial charge in [0.05, 0.1) is 6.61 Å². The lowest BCUT2D eigenvalue weighted by Gasteiger charge is -2.07. The molecule has 0 aliphatic carbocycles. The molecule has 0 spiro atoms. The van der Waals surface area contributed by atoms with Gasteiger partial charge in [-0.05, 0) is 43.3 Å². The fraction of sp³-hybridized carbons (Fsp3) is 0.182. The minimum Gasteiger partial charge on any atom is -0.462 e. The minimum absolute atomic E-state index is 0.0433. The molecule has 1 heterocycles. The molecule has 32 heavy (non-hydrogen) atoms. The number of benzene rings is 2. The van der Waals surface area contributed by atoms with Crippen LogP contribution in [0.3, 0.4) is 0 Å². The molecule has 2 amide bonds. The Kier molecular flexibility index (Phi) is 7.56. The van der Waals surface area contributed by atoms with E-state index in [1.165, 1.54) is 24.3 Å². The number of aromatic nitrogens is 1. The van der Waals surface area contributed by atoms with Crippen molar-refractivity contribution in [3.8, 4) is 11.3 Å². The summed E-state index contributed by atoms with van der Waals surface area (Å²) in [4.78, 5) is 36.8. The fourth-order valence-electron chi connectivity index (χ4n) is 2.75. The Labute approximate surface area is 187 Å². The van der Waals surface area contributed by atoms with Crippen LogP contribution in [0.2, 0.25) is 5.02 Å². The molecule has 0 atom stereocenters. The average molecular weight is 460 g/mol. The van der Waals surface area contributed by atoms with Crippen molar-refractivity contribution >= 4 is 41.0 Å². The quantitative estimate of drug-likeness (QED) is 0.474. The molecule has 0 saturated heterocycles. The number of carbonyl (C=O) groups excluding carboxylic acids is 3. The third-order valence-corrected chi connectivity index (χ3v) is 4.50. The number of hydrogen-bond acceptors (Lipinski definition) is 6. The highest BCUT2D eigenvalue weighted by atomic mass is 35.5. The van der Waals surface area contributed by atoms with Crippen LogP contribution in [0.1, 0.15) is 30.1 Å². The van der Waals surface area contributed by atoms with Gasteiger partial charge in [0.2, 0.25) is 17.7 Å². The van der Waals surface area contributed by atoms with Gasteiger partial charge in [0.25, 0.3) is 0 Å². The fourth-order valence-corrected chi connectivity index (χ4v) is 2.87. The van der Waals surface area contributed by atoms with E-state index in [-0.39, 0.29) is 36.6 Å². The van der Waals surface area contributed by atoms with Gasteiger partial charge in [-0.2, -0.15) is 0 Å². The highest BCUT2D eigenvalue weighted by molar-refractivity contribution is 6.30. The highest BCUT2D eigenvalue weighted by Gasteiger charge is 2.26. The summed E-state index contributed by atoms with van der Waals surface area (Å²) in [6, 6.07) is 11.8. The largest absolute Gasteiger partial charge is 0.462 e. The summed E-state index contributed by atoms with van der Waals surface area (Å²) in [5.74, 6) is -2.33. The third kappa shape index (κ3) is 5.92. The molecule has 2 N–H and O–H groups in total. The molecule has 8 nitrogen and oxygen atoms in total. The van der Waals surface area contributed by atoms with E-state index in [1.807, 2.05) is 0 Å². The van der Waals surface area contributed by atoms with Crippen LogP contribution in [0.5, 0.6) is 0 Å². The van der Waals surface area contributed by atoms with E-state index < -0.39 is 23.6 Å². The van der Waals surface area contributed by atoms with Gasteiger partial charge in [-0.15, -0.1) is 0 Å². The van der Waals surface area contributed by atoms with Crippen LogP contribution in [-0.2, 0) is 14.3 Å². The van der Waals surface area contributed by atoms with Gasteiger partial charge in [0.15, 0.2) is 5.56 Å². The van der Waals surface area contributed by atoms with Crippen LogP contribution >= 0.6 is 11.6 Å². The smallest absolute Gasteiger partial charge is 0.346 e. The standard InChI is InChI=1S/C22H19ClFN3O5/c1-2-31-22(30)19-20(13-3-5-14(23)6-4-13)27-32-21(19)26-18(29)12-11-17(28)25-16-9-7-15(24)8-10-16/h3-10H,2,11-12H2,1H3,(H,25,28)(H,26,29). The summed E-state index contributed by atoms with van der Waals surface area (Å²) in [7, 11) is 0. The van der Waals surface area contributed by atoms with E-state index in [2.05, 4.69) is 15.8 Å². The molecule has 2 aromatic carbocycles. The SMILES string of the molecule is CCOC(=O)c1c(-c2ccc(Cl)cc2)noc1NC(=O)CCC(=O)Nc1ccc(F)cc1. The Hall–Kier alpha value is -3.72. The van der Waals surface area contributed by atoms with Crippen LogP contribution in [-0.4, -0.2) is 29.5 Å². The molecule has 3 rings (SSSR count). The summed E-state index contributed by atoms with van der Waals surface area (Å²) >= 11 is 5.90. The molecular weight excluding hydrogens is 441 g/mol. The lowest BCUT2D eigenvalue weighted by molar-refractivity contribution is -0.121. The first-order valence-corrected chi connectivity index (χ1v) is 10.0. The van der Waals surface area contributed by atoms with Crippen molar-refractivity contribution in [2.75, 3.05) is 17.2 Å². The normalized spacial score (nSPS) is 10.5. The minimum atomic E-state index is -0.719. The zero-order valence-electron chi connectivity index (χ0n) is 17.0. The summed E-state index contributed by atoms with van der Waals surface area (Å²) in [6.45, 7) is 1.76. The van der Waals surface area contributed by atoms with Gasteiger partial charge in [-0.3, -0.25) is 14.9 Å². The molecule has 0 fully saturated rings. The number of nitrogens with zero attached hydrogens (tertiary/aromatic N) is 1. The molecule has 0 aliphatic rings. The number of rotatable bonds is 8. The summed E-state index contributed by atoms with van der Waals surface area (Å²) < 4.78 is 23.2. The number of esters is 1. The van der Waals surface area contributed by atoms with Crippen molar-refractivity contribution in [1.82, 2.24) is 5.16 Å². The Morgan fingerprint density at radius 3 is 2.25 bits per heavy atom. The zero-order valence-corrected chi connectivity index (χ0v) is 17.7. The van der Waals surface area contributed by atoms with Gasteiger partial charge in [-0.25, -0.2) is 9.18 Å². The number of anilines is 2. The van der Waals surface area contributed by atoms with Crippen molar-refractivity contribution in [1.29, 1.82) is 0 Å². The first-order chi connectivity index (χ1) is 15.4. The van der Waals surface area contributed by atoms with Crippen molar-refractivity contribution in [3.05, 3.63) is 64.9 Å². The van der Waals surface area contributed by atoms with E-state index in [0.717, 1.165) is 0 Å². The van der Waals surface area contributed by atoms with Gasteiger partial charge in [0.1, 0.15) is 11.5 Å². The number of nitrogens with one attached hydrogen (secondary N) is 2. The number of amides is 2. The van der Waals surface area contributed by atoms with Gasteiger partial charge in [-0.1, -0.05) is 28.9 Å². The van der Waals surface area contributed by atoms with E-state index in [1.54, 1.807) is 31.2 Å². The van der Waals surface area contributed by atoms with Crippen LogP contribution in [0.4, 0.5) is 16.0 Å². The monoisotopic (exact) mass is 459 g/mol. The summed E-state index contributed by atoms with van der Waals surface area (Å²) in [5, 5.41) is 9.40. The Balaban J connectivity index is 1.68. The molecule has 1 aromatic heterocycles. The van der Waals surface area contributed by atoms with Gasteiger partial charge in [0, 0.05) is 29.1 Å². The average Bonchev–Trinajstić information content (AvgIpc) is 3.18. The number of hydrogen-bond donors (Lipinski definition) is 2. The molecule has 0 saturated carbocycles. The number of ether oxygens (including phenoxy) is 1. The maximum atomic E-state index is 12.9. The molecule has 166 valence electrons. The van der Waals surface area contributed by atoms with Crippen LogP contribution in [0.25, 0.3) is 11.3 Å². The molecule has 0 unspecified atom stereocenters. The van der Waals surface area contributed by atoms with Gasteiger partial charge < -0.3 is 14.6 Å². The Morgan fingerprint density at radius 1 is 1.00 bits per heavy atom. The van der Waals surface area contributed by atoms with Crippen molar-refractivity contribution in [2.24, 2.45) is 0 Å². The first kappa shape index (κ1) is 23.0. The van der Waals surface area contributed by atoms with Crippen molar-refractivity contribution < 1.29 is 28.0 Å². The Morgan fingerprint density at radius 2 is 1.62 bits per heavy atom. The molecule has 3 aromatic rings. The van der Waals surface area contributed by atoms with Gasteiger partial charge >= 0.3 is 5.97 Å². The second-order valence-corrected chi connectivity index (χ2v) is 7.00. The first-order valence-electron chi connectivity index (χ1n) is 9.65. The molecule has 0 radical (unpaired) electrons. The summed E-state index contributed by atoms with van der Waals surface area (Å²) in [6.07, 6.45) is -0.331. The van der Waals surface area contributed by atoms with Crippen LogP contribution < -0.4 is 10.6 Å². The highest BCUT2D eigenvalue weighted by Crippen LogP contribution is 2.30. The predicted molar refractivity (Wildman–Crippen MR) is 116 cm³/mol. The van der Waals surface area contributed by atoms with Crippen LogP contribution in [0, 0.1) is 5.82 Å². The van der Waals surface area contributed by atoms with E-state index in [0.29, 0.717) is 16.3 Å². The number of carbonyl (C=O) groups is 3. The Bertz CT molecular complexity index is 1110. The van der Waals surface area contributed by atoms with Crippen LogP contribution in [0.15, 0.2) is 53.1 Å². The van der Waals surface area contributed by atoms with E-state index >= 15 is 0 Å². The second kappa shape index (κ2) is 10.5.